The second kappa shape index (κ2) is 8.87. The fourth-order valence-electron chi connectivity index (χ4n) is 2.32. The van der Waals surface area contributed by atoms with Crippen molar-refractivity contribution in [2.24, 2.45) is 0 Å². The number of anilines is 1. The molecule has 2 amide bonds. The lowest BCUT2D eigenvalue weighted by Crippen LogP contribution is -2.25. The van der Waals surface area contributed by atoms with Crippen molar-refractivity contribution >= 4 is 17.5 Å². The highest BCUT2D eigenvalue weighted by Gasteiger charge is 2.06. The van der Waals surface area contributed by atoms with Crippen molar-refractivity contribution in [2.45, 2.75) is 32.6 Å². The number of rotatable bonds is 7. The number of hydrogen-bond donors (Lipinski definition) is 2. The number of nitrogens with one attached hydrogen (secondary N) is 2. The molecule has 0 aliphatic carbocycles. The van der Waals surface area contributed by atoms with Crippen LogP contribution in [0.15, 0.2) is 54.6 Å². The lowest BCUT2D eigenvalue weighted by molar-refractivity contribution is -0.116. The summed E-state index contributed by atoms with van der Waals surface area (Å²) >= 11 is 0. The van der Waals surface area contributed by atoms with Gasteiger partial charge in [0.25, 0.3) is 5.91 Å². The predicted octanol–water partition coefficient (Wildman–Crippen LogP) is 3.96. The smallest absolute Gasteiger partial charge is 0.251 e. The number of carbonyl (C=O) groups excluding carboxylic acids is 2. The third-order valence-electron chi connectivity index (χ3n) is 3.76. The van der Waals surface area contributed by atoms with Crippen molar-refractivity contribution in [3.05, 3.63) is 65.7 Å². The van der Waals surface area contributed by atoms with Gasteiger partial charge in [-0.1, -0.05) is 44.2 Å². The third-order valence-corrected chi connectivity index (χ3v) is 3.76. The standard InChI is InChI=1S/C20H24N2O2/c1-15(2)16-10-12-18(13-11-16)22-19(23)9-6-14-21-20(24)17-7-4-3-5-8-17/h3-5,7-8,10-13,15H,6,9,14H2,1-2H3,(H,21,24)(H,22,23). The van der Waals surface area contributed by atoms with Gasteiger partial charge in [-0.3, -0.25) is 9.59 Å². The van der Waals surface area contributed by atoms with Crippen LogP contribution in [0.4, 0.5) is 5.69 Å². The Kier molecular flexibility index (Phi) is 6.55. The van der Waals surface area contributed by atoms with E-state index in [2.05, 4.69) is 24.5 Å². The highest BCUT2D eigenvalue weighted by atomic mass is 16.2. The average Bonchev–Trinajstić information content (AvgIpc) is 2.59. The molecule has 0 fully saturated rings. The Bertz CT molecular complexity index is 664. The first-order chi connectivity index (χ1) is 11.6. The van der Waals surface area contributed by atoms with E-state index in [9.17, 15) is 9.59 Å². The number of hydrogen-bond acceptors (Lipinski definition) is 2. The normalized spacial score (nSPS) is 10.5. The molecule has 0 aliphatic heterocycles. The molecule has 126 valence electrons. The Morgan fingerprint density at radius 3 is 2.25 bits per heavy atom. The fraction of sp³-hybridized carbons (Fsp3) is 0.300. The van der Waals surface area contributed by atoms with E-state index in [1.54, 1.807) is 12.1 Å². The highest BCUT2D eigenvalue weighted by molar-refractivity contribution is 5.94. The van der Waals surface area contributed by atoms with Gasteiger partial charge in [-0.05, 0) is 42.2 Å². The molecule has 2 aromatic rings. The third kappa shape index (κ3) is 5.54. The topological polar surface area (TPSA) is 58.2 Å². The quantitative estimate of drug-likeness (QED) is 0.757. The van der Waals surface area contributed by atoms with Gasteiger partial charge in [0.1, 0.15) is 0 Å². The molecule has 0 atom stereocenters. The molecule has 2 N–H and O–H groups in total. The van der Waals surface area contributed by atoms with Crippen molar-refractivity contribution in [2.75, 3.05) is 11.9 Å². The Morgan fingerprint density at radius 1 is 0.958 bits per heavy atom. The van der Waals surface area contributed by atoms with E-state index in [0.717, 1.165) is 5.69 Å². The second-order valence-corrected chi connectivity index (χ2v) is 6.05. The van der Waals surface area contributed by atoms with Crippen LogP contribution in [-0.2, 0) is 4.79 Å². The van der Waals surface area contributed by atoms with E-state index in [1.807, 2.05) is 42.5 Å². The zero-order chi connectivity index (χ0) is 17.4. The van der Waals surface area contributed by atoms with Gasteiger partial charge in [0.2, 0.25) is 5.91 Å². The van der Waals surface area contributed by atoms with Crippen LogP contribution in [0, 0.1) is 0 Å². The summed E-state index contributed by atoms with van der Waals surface area (Å²) < 4.78 is 0. The van der Waals surface area contributed by atoms with E-state index in [-0.39, 0.29) is 11.8 Å². The molecule has 4 heteroatoms. The molecule has 0 bridgehead atoms. The number of amides is 2. The van der Waals surface area contributed by atoms with Crippen LogP contribution < -0.4 is 10.6 Å². The van der Waals surface area contributed by atoms with E-state index in [1.165, 1.54) is 5.56 Å². The first kappa shape index (κ1) is 17.7. The summed E-state index contributed by atoms with van der Waals surface area (Å²) in [4.78, 5) is 23.8. The number of benzene rings is 2. The van der Waals surface area contributed by atoms with Crippen molar-refractivity contribution in [3.8, 4) is 0 Å². The molecular weight excluding hydrogens is 300 g/mol. The van der Waals surface area contributed by atoms with Crippen LogP contribution in [0.2, 0.25) is 0 Å². The molecule has 24 heavy (non-hydrogen) atoms. The van der Waals surface area contributed by atoms with Crippen LogP contribution in [0.3, 0.4) is 0 Å². The van der Waals surface area contributed by atoms with Crippen LogP contribution in [0.5, 0.6) is 0 Å². The van der Waals surface area contributed by atoms with Crippen LogP contribution >= 0.6 is 0 Å². The molecule has 0 saturated heterocycles. The first-order valence-electron chi connectivity index (χ1n) is 8.29. The van der Waals surface area contributed by atoms with Crippen molar-refractivity contribution in [1.29, 1.82) is 0 Å². The molecule has 0 aromatic heterocycles. The maximum atomic E-state index is 11.9. The highest BCUT2D eigenvalue weighted by Crippen LogP contribution is 2.17. The molecular formula is C20H24N2O2. The largest absolute Gasteiger partial charge is 0.352 e. The lowest BCUT2D eigenvalue weighted by atomic mass is 10.0. The van der Waals surface area contributed by atoms with Gasteiger partial charge in [-0.2, -0.15) is 0 Å². The second-order valence-electron chi connectivity index (χ2n) is 6.05. The van der Waals surface area contributed by atoms with Crippen LogP contribution in [-0.4, -0.2) is 18.4 Å². The van der Waals surface area contributed by atoms with Gasteiger partial charge in [-0.15, -0.1) is 0 Å². The molecule has 2 aromatic carbocycles. The monoisotopic (exact) mass is 324 g/mol. The van der Waals surface area contributed by atoms with E-state index in [0.29, 0.717) is 30.9 Å². The van der Waals surface area contributed by atoms with E-state index in [4.69, 9.17) is 0 Å². The van der Waals surface area contributed by atoms with E-state index < -0.39 is 0 Å². The maximum Gasteiger partial charge on any atom is 0.251 e. The van der Waals surface area contributed by atoms with Gasteiger partial charge in [-0.25, -0.2) is 0 Å². The first-order valence-corrected chi connectivity index (χ1v) is 8.29. The lowest BCUT2D eigenvalue weighted by Gasteiger charge is -2.09. The minimum absolute atomic E-state index is 0.0405. The summed E-state index contributed by atoms with van der Waals surface area (Å²) in [5.41, 5.74) is 2.68. The minimum atomic E-state index is -0.111. The van der Waals surface area contributed by atoms with Crippen molar-refractivity contribution < 1.29 is 9.59 Å². The van der Waals surface area contributed by atoms with Gasteiger partial charge in [0.15, 0.2) is 0 Å². The van der Waals surface area contributed by atoms with Gasteiger partial charge < -0.3 is 10.6 Å². The SMILES string of the molecule is CC(C)c1ccc(NC(=O)CCCNC(=O)c2ccccc2)cc1. The summed E-state index contributed by atoms with van der Waals surface area (Å²) in [6.45, 7) is 4.75. The summed E-state index contributed by atoms with van der Waals surface area (Å²) in [6.07, 6.45) is 0.982. The Morgan fingerprint density at radius 2 is 1.62 bits per heavy atom. The zero-order valence-electron chi connectivity index (χ0n) is 14.2. The molecule has 2 rings (SSSR count). The molecule has 0 heterocycles. The Labute approximate surface area is 143 Å². The summed E-state index contributed by atoms with van der Waals surface area (Å²) in [5, 5.41) is 5.70. The molecule has 4 nitrogen and oxygen atoms in total. The molecule has 0 spiro atoms. The molecule has 0 unspecified atom stereocenters. The van der Waals surface area contributed by atoms with E-state index >= 15 is 0 Å². The van der Waals surface area contributed by atoms with Crippen molar-refractivity contribution in [3.63, 3.8) is 0 Å². The zero-order valence-corrected chi connectivity index (χ0v) is 14.2. The average molecular weight is 324 g/mol. The maximum absolute atomic E-state index is 11.9. The minimum Gasteiger partial charge on any atom is -0.352 e. The van der Waals surface area contributed by atoms with Gasteiger partial charge >= 0.3 is 0 Å². The van der Waals surface area contributed by atoms with Gasteiger partial charge in [0, 0.05) is 24.2 Å². The van der Waals surface area contributed by atoms with Crippen LogP contribution in [0.25, 0.3) is 0 Å². The molecule has 0 aliphatic rings. The Balaban J connectivity index is 1.69. The summed E-state index contributed by atoms with van der Waals surface area (Å²) in [5.74, 6) is 0.324. The fourth-order valence-corrected chi connectivity index (χ4v) is 2.32. The summed E-state index contributed by atoms with van der Waals surface area (Å²) in [7, 11) is 0. The molecule has 0 radical (unpaired) electrons. The van der Waals surface area contributed by atoms with Crippen molar-refractivity contribution in [1.82, 2.24) is 5.32 Å². The van der Waals surface area contributed by atoms with Crippen LogP contribution in [0.1, 0.15) is 48.5 Å². The number of carbonyl (C=O) groups is 2. The Hall–Kier alpha value is -2.62. The predicted molar refractivity (Wildman–Crippen MR) is 97.2 cm³/mol. The summed E-state index contributed by atoms with van der Waals surface area (Å²) in [6, 6.07) is 17.0. The van der Waals surface area contributed by atoms with Gasteiger partial charge in [0.05, 0.1) is 0 Å². The molecule has 0 saturated carbocycles.